The smallest absolute Gasteiger partial charge is 0.117 e. The lowest BCUT2D eigenvalue weighted by molar-refractivity contribution is 0.125. The van der Waals surface area contributed by atoms with Crippen molar-refractivity contribution in [2.75, 3.05) is 19.8 Å². The highest BCUT2D eigenvalue weighted by Crippen LogP contribution is 2.05. The summed E-state index contributed by atoms with van der Waals surface area (Å²) in [5.74, 6) is 2.67. The minimum Gasteiger partial charge on any atom is -0.465 e. The molecule has 0 fully saturated rings. The highest BCUT2D eigenvalue weighted by Gasteiger charge is 1.97. The standard InChI is InChI=1S/C13H23NO2/c1-11(2)6-8-15-9-7-14-10-13-5-4-12(3)16-13/h4-5,11,14H,6-10H2,1-3H3. The average molecular weight is 225 g/mol. The van der Waals surface area contributed by atoms with Crippen molar-refractivity contribution in [2.24, 2.45) is 5.92 Å². The summed E-state index contributed by atoms with van der Waals surface area (Å²) in [7, 11) is 0. The molecule has 1 heterocycles. The Hall–Kier alpha value is -0.800. The van der Waals surface area contributed by atoms with Gasteiger partial charge in [0.2, 0.25) is 0 Å². The van der Waals surface area contributed by atoms with E-state index >= 15 is 0 Å². The molecule has 92 valence electrons. The summed E-state index contributed by atoms with van der Waals surface area (Å²) in [4.78, 5) is 0. The maximum absolute atomic E-state index is 5.49. The number of rotatable bonds is 8. The first-order valence-corrected chi connectivity index (χ1v) is 6.02. The highest BCUT2D eigenvalue weighted by atomic mass is 16.5. The van der Waals surface area contributed by atoms with Crippen molar-refractivity contribution in [3.05, 3.63) is 23.7 Å². The first-order valence-electron chi connectivity index (χ1n) is 6.02. The third-order valence-corrected chi connectivity index (χ3v) is 2.36. The van der Waals surface area contributed by atoms with E-state index in [-0.39, 0.29) is 0 Å². The van der Waals surface area contributed by atoms with E-state index in [0.29, 0.717) is 0 Å². The van der Waals surface area contributed by atoms with E-state index in [1.807, 2.05) is 19.1 Å². The average Bonchev–Trinajstić information content (AvgIpc) is 2.62. The Morgan fingerprint density at radius 3 is 2.75 bits per heavy atom. The molecule has 0 aliphatic carbocycles. The van der Waals surface area contributed by atoms with E-state index in [2.05, 4.69) is 19.2 Å². The molecular formula is C13H23NO2. The third kappa shape index (κ3) is 5.93. The lowest BCUT2D eigenvalue weighted by Gasteiger charge is -2.06. The zero-order valence-corrected chi connectivity index (χ0v) is 10.6. The van der Waals surface area contributed by atoms with Gasteiger partial charge in [-0.2, -0.15) is 0 Å². The molecule has 1 aromatic heterocycles. The Bertz CT molecular complexity index is 281. The third-order valence-electron chi connectivity index (χ3n) is 2.36. The first kappa shape index (κ1) is 13.3. The topological polar surface area (TPSA) is 34.4 Å². The van der Waals surface area contributed by atoms with Gasteiger partial charge in [0.05, 0.1) is 13.2 Å². The molecule has 16 heavy (non-hydrogen) atoms. The molecule has 0 amide bonds. The van der Waals surface area contributed by atoms with Gasteiger partial charge in [-0.3, -0.25) is 0 Å². The molecule has 3 heteroatoms. The van der Waals surface area contributed by atoms with Crippen molar-refractivity contribution in [3.63, 3.8) is 0 Å². The molecule has 0 spiro atoms. The van der Waals surface area contributed by atoms with E-state index in [1.165, 1.54) is 0 Å². The van der Waals surface area contributed by atoms with Crippen molar-refractivity contribution in [3.8, 4) is 0 Å². The van der Waals surface area contributed by atoms with Crippen LogP contribution in [0.5, 0.6) is 0 Å². The van der Waals surface area contributed by atoms with E-state index in [9.17, 15) is 0 Å². The van der Waals surface area contributed by atoms with Crippen molar-refractivity contribution < 1.29 is 9.15 Å². The van der Waals surface area contributed by atoms with Gasteiger partial charge in [0.25, 0.3) is 0 Å². The Morgan fingerprint density at radius 1 is 1.31 bits per heavy atom. The molecular weight excluding hydrogens is 202 g/mol. The van der Waals surface area contributed by atoms with Crippen LogP contribution in [0.1, 0.15) is 31.8 Å². The maximum atomic E-state index is 5.49. The number of hydrogen-bond acceptors (Lipinski definition) is 3. The predicted molar refractivity (Wildman–Crippen MR) is 65.4 cm³/mol. The quantitative estimate of drug-likeness (QED) is 0.691. The Morgan fingerprint density at radius 2 is 2.12 bits per heavy atom. The summed E-state index contributed by atoms with van der Waals surface area (Å²) in [5, 5.41) is 3.28. The fraction of sp³-hybridized carbons (Fsp3) is 0.692. The van der Waals surface area contributed by atoms with Crippen LogP contribution in [0.25, 0.3) is 0 Å². The van der Waals surface area contributed by atoms with Crippen molar-refractivity contribution >= 4 is 0 Å². The molecule has 0 radical (unpaired) electrons. The molecule has 0 aliphatic heterocycles. The number of aryl methyl sites for hydroxylation is 1. The fourth-order valence-corrected chi connectivity index (χ4v) is 1.36. The Labute approximate surface area is 98.2 Å². The van der Waals surface area contributed by atoms with Gasteiger partial charge in [-0.15, -0.1) is 0 Å². The SMILES string of the molecule is Cc1ccc(CNCCOCCC(C)C)o1. The second-order valence-corrected chi connectivity index (χ2v) is 4.48. The van der Waals surface area contributed by atoms with Crippen molar-refractivity contribution in [2.45, 2.75) is 33.7 Å². The lowest BCUT2D eigenvalue weighted by atomic mass is 10.1. The second-order valence-electron chi connectivity index (χ2n) is 4.48. The van der Waals surface area contributed by atoms with Gasteiger partial charge >= 0.3 is 0 Å². The molecule has 0 saturated carbocycles. The summed E-state index contributed by atoms with van der Waals surface area (Å²) < 4.78 is 10.9. The largest absolute Gasteiger partial charge is 0.465 e. The van der Waals surface area contributed by atoms with Gasteiger partial charge in [0.1, 0.15) is 11.5 Å². The predicted octanol–water partition coefficient (Wildman–Crippen LogP) is 2.74. The summed E-state index contributed by atoms with van der Waals surface area (Å²) in [6.45, 7) is 9.66. The lowest BCUT2D eigenvalue weighted by Crippen LogP contribution is -2.19. The molecule has 0 bridgehead atoms. The number of ether oxygens (including phenoxy) is 1. The molecule has 1 rings (SSSR count). The Kier molecular flexibility index (Phi) is 6.19. The van der Waals surface area contributed by atoms with Crippen LogP contribution in [0, 0.1) is 12.8 Å². The van der Waals surface area contributed by atoms with Gasteiger partial charge in [0.15, 0.2) is 0 Å². The number of nitrogens with one attached hydrogen (secondary N) is 1. The summed E-state index contributed by atoms with van der Waals surface area (Å²) in [5.41, 5.74) is 0. The molecule has 0 atom stereocenters. The van der Waals surface area contributed by atoms with Crippen LogP contribution in [0.4, 0.5) is 0 Å². The fourth-order valence-electron chi connectivity index (χ4n) is 1.36. The van der Waals surface area contributed by atoms with Gasteiger partial charge in [-0.05, 0) is 31.4 Å². The molecule has 0 saturated heterocycles. The number of furan rings is 1. The summed E-state index contributed by atoms with van der Waals surface area (Å²) in [6.07, 6.45) is 1.14. The molecule has 0 unspecified atom stereocenters. The van der Waals surface area contributed by atoms with Crippen LogP contribution < -0.4 is 5.32 Å². The van der Waals surface area contributed by atoms with Gasteiger partial charge in [-0.1, -0.05) is 13.8 Å². The van der Waals surface area contributed by atoms with E-state index < -0.39 is 0 Å². The van der Waals surface area contributed by atoms with Crippen molar-refractivity contribution in [1.29, 1.82) is 0 Å². The Balaban J connectivity index is 1.92. The minimum absolute atomic E-state index is 0.721. The van der Waals surface area contributed by atoms with Crippen LogP contribution in [0.2, 0.25) is 0 Å². The van der Waals surface area contributed by atoms with Crippen LogP contribution in [0.3, 0.4) is 0 Å². The summed E-state index contributed by atoms with van der Waals surface area (Å²) in [6, 6.07) is 3.98. The molecule has 0 aromatic carbocycles. The minimum atomic E-state index is 0.721. The first-order chi connectivity index (χ1) is 7.68. The van der Waals surface area contributed by atoms with Crippen LogP contribution >= 0.6 is 0 Å². The second kappa shape index (κ2) is 7.47. The van der Waals surface area contributed by atoms with Gasteiger partial charge in [-0.25, -0.2) is 0 Å². The van der Waals surface area contributed by atoms with Crippen LogP contribution in [-0.2, 0) is 11.3 Å². The van der Waals surface area contributed by atoms with Crippen molar-refractivity contribution in [1.82, 2.24) is 5.32 Å². The zero-order chi connectivity index (χ0) is 11.8. The molecule has 1 N–H and O–H groups in total. The normalized spacial score (nSPS) is 11.2. The van der Waals surface area contributed by atoms with E-state index in [0.717, 1.165) is 50.2 Å². The van der Waals surface area contributed by atoms with Crippen LogP contribution in [-0.4, -0.2) is 19.8 Å². The molecule has 0 aliphatic rings. The van der Waals surface area contributed by atoms with Gasteiger partial charge in [0, 0.05) is 13.2 Å². The van der Waals surface area contributed by atoms with Crippen LogP contribution in [0.15, 0.2) is 16.5 Å². The highest BCUT2D eigenvalue weighted by molar-refractivity contribution is 5.04. The number of hydrogen-bond donors (Lipinski definition) is 1. The zero-order valence-electron chi connectivity index (χ0n) is 10.6. The monoisotopic (exact) mass is 225 g/mol. The van der Waals surface area contributed by atoms with E-state index in [4.69, 9.17) is 9.15 Å². The molecule has 1 aromatic rings. The summed E-state index contributed by atoms with van der Waals surface area (Å²) >= 11 is 0. The van der Waals surface area contributed by atoms with E-state index in [1.54, 1.807) is 0 Å². The molecule has 3 nitrogen and oxygen atoms in total. The van der Waals surface area contributed by atoms with Gasteiger partial charge < -0.3 is 14.5 Å². The maximum Gasteiger partial charge on any atom is 0.117 e.